The number of hydrogen-bond acceptors (Lipinski definition) is 5. The highest BCUT2D eigenvalue weighted by Gasteiger charge is 2.26. The Morgan fingerprint density at radius 3 is 2.71 bits per heavy atom. The molecule has 0 spiro atoms. The molecule has 0 bridgehead atoms. The standard InChI is InChI=1S/C23H32ClN5O2/c1-17(2)13-20(25-22(30)16-31-3)23-27-26-21-9-10-28(11-12-29(21)23)15-19(24)14-18-7-5-4-6-8-18/h4-8,14,17,20H,9-13,15-16H2,1-3H3,(H,25,30). The van der Waals surface area contributed by atoms with E-state index in [0.717, 1.165) is 54.7 Å². The number of amides is 1. The number of hydrogen-bond donors (Lipinski definition) is 1. The average Bonchev–Trinajstić information content (AvgIpc) is 3.03. The van der Waals surface area contributed by atoms with E-state index < -0.39 is 0 Å². The van der Waals surface area contributed by atoms with Crippen molar-refractivity contribution >= 4 is 23.6 Å². The van der Waals surface area contributed by atoms with Gasteiger partial charge < -0.3 is 14.6 Å². The molecule has 0 saturated carbocycles. The van der Waals surface area contributed by atoms with Crippen molar-refractivity contribution in [1.29, 1.82) is 0 Å². The monoisotopic (exact) mass is 445 g/mol. The summed E-state index contributed by atoms with van der Waals surface area (Å²) in [4.78, 5) is 14.5. The van der Waals surface area contributed by atoms with Crippen LogP contribution in [0.2, 0.25) is 0 Å². The lowest BCUT2D eigenvalue weighted by atomic mass is 10.0. The van der Waals surface area contributed by atoms with Gasteiger partial charge in [-0.2, -0.15) is 0 Å². The van der Waals surface area contributed by atoms with E-state index in [9.17, 15) is 4.79 Å². The van der Waals surface area contributed by atoms with Crippen LogP contribution in [0, 0.1) is 5.92 Å². The third-order valence-corrected chi connectivity index (χ3v) is 5.50. The quantitative estimate of drug-likeness (QED) is 0.641. The molecule has 0 fully saturated rings. The Hall–Kier alpha value is -2.22. The van der Waals surface area contributed by atoms with E-state index in [0.29, 0.717) is 12.5 Å². The molecule has 1 amide bonds. The van der Waals surface area contributed by atoms with E-state index >= 15 is 0 Å². The topological polar surface area (TPSA) is 72.3 Å². The highest BCUT2D eigenvalue weighted by Crippen LogP contribution is 2.23. The fourth-order valence-corrected chi connectivity index (χ4v) is 4.16. The predicted octanol–water partition coefficient (Wildman–Crippen LogP) is 3.27. The first-order chi connectivity index (χ1) is 15.0. The molecule has 1 aromatic heterocycles. The minimum Gasteiger partial charge on any atom is -0.375 e. The van der Waals surface area contributed by atoms with Crippen LogP contribution in [0.25, 0.3) is 6.08 Å². The Morgan fingerprint density at radius 2 is 2.00 bits per heavy atom. The third kappa shape index (κ3) is 6.89. The van der Waals surface area contributed by atoms with Gasteiger partial charge in [0.15, 0.2) is 5.82 Å². The second kappa shape index (κ2) is 11.4. The van der Waals surface area contributed by atoms with Gasteiger partial charge in [0.05, 0.1) is 6.04 Å². The van der Waals surface area contributed by atoms with Crippen LogP contribution < -0.4 is 5.32 Å². The Balaban J connectivity index is 1.68. The van der Waals surface area contributed by atoms with Gasteiger partial charge in [0.25, 0.3) is 0 Å². The second-order valence-electron chi connectivity index (χ2n) is 8.34. The van der Waals surface area contributed by atoms with E-state index in [2.05, 4.69) is 38.8 Å². The van der Waals surface area contributed by atoms with Gasteiger partial charge in [0.2, 0.25) is 5.91 Å². The number of nitrogens with one attached hydrogen (secondary N) is 1. The summed E-state index contributed by atoms with van der Waals surface area (Å²) in [7, 11) is 1.52. The number of ether oxygens (including phenoxy) is 1. The lowest BCUT2D eigenvalue weighted by Crippen LogP contribution is -2.34. The molecule has 1 aliphatic heterocycles. The fraction of sp³-hybridized carbons (Fsp3) is 0.522. The van der Waals surface area contributed by atoms with Crippen LogP contribution in [0.5, 0.6) is 0 Å². The Kier molecular flexibility index (Phi) is 8.63. The summed E-state index contributed by atoms with van der Waals surface area (Å²) in [6, 6.07) is 9.92. The fourth-order valence-electron chi connectivity index (χ4n) is 3.86. The summed E-state index contributed by atoms with van der Waals surface area (Å²) < 4.78 is 7.14. The molecule has 2 aromatic rings. The molecule has 1 aromatic carbocycles. The normalized spacial score (nSPS) is 16.1. The zero-order valence-electron chi connectivity index (χ0n) is 18.6. The van der Waals surface area contributed by atoms with Crippen molar-refractivity contribution in [2.24, 2.45) is 5.92 Å². The number of aromatic nitrogens is 3. The molecule has 1 unspecified atom stereocenters. The lowest BCUT2D eigenvalue weighted by Gasteiger charge is -2.22. The Bertz CT molecular complexity index is 881. The van der Waals surface area contributed by atoms with Crippen molar-refractivity contribution in [2.75, 3.05) is 33.4 Å². The van der Waals surface area contributed by atoms with Crippen molar-refractivity contribution in [3.63, 3.8) is 0 Å². The smallest absolute Gasteiger partial charge is 0.246 e. The van der Waals surface area contributed by atoms with Crippen LogP contribution in [0.1, 0.15) is 43.5 Å². The zero-order valence-corrected chi connectivity index (χ0v) is 19.3. The molecular weight excluding hydrogens is 414 g/mol. The Labute approximate surface area is 189 Å². The van der Waals surface area contributed by atoms with Crippen LogP contribution in [0.15, 0.2) is 35.4 Å². The zero-order chi connectivity index (χ0) is 22.2. The molecule has 31 heavy (non-hydrogen) atoms. The van der Waals surface area contributed by atoms with E-state index in [1.54, 1.807) is 0 Å². The van der Waals surface area contributed by atoms with Crippen LogP contribution >= 0.6 is 11.6 Å². The summed E-state index contributed by atoms with van der Waals surface area (Å²) in [6.45, 7) is 7.48. The summed E-state index contributed by atoms with van der Waals surface area (Å²) in [5.74, 6) is 2.04. The Morgan fingerprint density at radius 1 is 1.23 bits per heavy atom. The molecular formula is C23H32ClN5O2. The molecule has 0 radical (unpaired) electrons. The maximum Gasteiger partial charge on any atom is 0.246 e. The first-order valence-electron chi connectivity index (χ1n) is 10.8. The minimum atomic E-state index is -0.183. The molecule has 0 saturated heterocycles. The number of carbonyl (C=O) groups excluding carboxylic acids is 1. The van der Waals surface area contributed by atoms with Crippen molar-refractivity contribution in [3.05, 3.63) is 52.6 Å². The van der Waals surface area contributed by atoms with Crippen LogP contribution in [0.3, 0.4) is 0 Å². The summed E-state index contributed by atoms with van der Waals surface area (Å²) in [5, 5.41) is 12.8. The van der Waals surface area contributed by atoms with Crippen molar-refractivity contribution < 1.29 is 9.53 Å². The number of benzene rings is 1. The molecule has 8 heteroatoms. The number of fused-ring (bicyclic) bond motifs is 1. The van der Waals surface area contributed by atoms with Crippen LogP contribution in [0.4, 0.5) is 0 Å². The van der Waals surface area contributed by atoms with Gasteiger partial charge in [-0.3, -0.25) is 9.69 Å². The summed E-state index contributed by atoms with van der Waals surface area (Å²) >= 11 is 6.54. The van der Waals surface area contributed by atoms with Gasteiger partial charge in [0.1, 0.15) is 12.4 Å². The molecule has 0 aliphatic carbocycles. The maximum absolute atomic E-state index is 12.2. The summed E-state index contributed by atoms with van der Waals surface area (Å²) in [5.41, 5.74) is 1.10. The maximum atomic E-state index is 12.2. The number of carbonyl (C=O) groups is 1. The van der Waals surface area contributed by atoms with E-state index in [1.807, 2.05) is 36.4 Å². The van der Waals surface area contributed by atoms with Crippen LogP contribution in [-0.4, -0.2) is 58.9 Å². The average molecular weight is 446 g/mol. The van der Waals surface area contributed by atoms with E-state index in [1.165, 1.54) is 7.11 Å². The van der Waals surface area contributed by atoms with Gasteiger partial charge in [-0.05, 0) is 24.0 Å². The predicted molar refractivity (Wildman–Crippen MR) is 123 cm³/mol. The highest BCUT2D eigenvalue weighted by molar-refractivity contribution is 6.31. The number of rotatable bonds is 9. The van der Waals surface area contributed by atoms with Gasteiger partial charge in [-0.15, -0.1) is 10.2 Å². The first-order valence-corrected chi connectivity index (χ1v) is 11.2. The molecule has 168 valence electrons. The molecule has 7 nitrogen and oxygen atoms in total. The van der Waals surface area contributed by atoms with Gasteiger partial charge in [-0.25, -0.2) is 0 Å². The largest absolute Gasteiger partial charge is 0.375 e. The van der Waals surface area contributed by atoms with Crippen molar-refractivity contribution in [2.45, 2.75) is 39.3 Å². The molecule has 2 heterocycles. The number of nitrogens with zero attached hydrogens (tertiary/aromatic N) is 4. The highest BCUT2D eigenvalue weighted by atomic mass is 35.5. The summed E-state index contributed by atoms with van der Waals surface area (Å²) in [6.07, 6.45) is 3.60. The number of halogens is 1. The SMILES string of the molecule is COCC(=O)NC(CC(C)C)c1nnc2n1CCN(CC(Cl)=Cc1ccccc1)CC2. The van der Waals surface area contributed by atoms with Gasteiger partial charge in [0, 0.05) is 44.7 Å². The molecule has 3 rings (SSSR count). The van der Waals surface area contributed by atoms with Gasteiger partial charge in [-0.1, -0.05) is 55.8 Å². The van der Waals surface area contributed by atoms with Gasteiger partial charge >= 0.3 is 0 Å². The van der Waals surface area contributed by atoms with Crippen molar-refractivity contribution in [3.8, 4) is 0 Å². The third-order valence-electron chi connectivity index (χ3n) is 5.27. The minimum absolute atomic E-state index is 0.0373. The molecule has 1 N–H and O–H groups in total. The van der Waals surface area contributed by atoms with Crippen LogP contribution in [-0.2, 0) is 22.5 Å². The molecule has 1 aliphatic rings. The lowest BCUT2D eigenvalue weighted by molar-refractivity contribution is -0.125. The second-order valence-corrected chi connectivity index (χ2v) is 8.82. The van der Waals surface area contributed by atoms with E-state index in [-0.39, 0.29) is 18.6 Å². The number of methoxy groups -OCH3 is 1. The molecule has 1 atom stereocenters. The first kappa shape index (κ1) is 23.4. The van der Waals surface area contributed by atoms with E-state index in [4.69, 9.17) is 16.3 Å². The van der Waals surface area contributed by atoms with Crippen molar-refractivity contribution in [1.82, 2.24) is 25.0 Å².